The van der Waals surface area contributed by atoms with Gasteiger partial charge >= 0.3 is 0 Å². The average Bonchev–Trinajstić information content (AvgIpc) is 2.92. The van der Waals surface area contributed by atoms with Crippen molar-refractivity contribution in [3.05, 3.63) is 77.6 Å². The Morgan fingerprint density at radius 2 is 1.51 bits per heavy atom. The molecule has 2 unspecified atom stereocenters. The lowest BCUT2D eigenvalue weighted by molar-refractivity contribution is -0.00115. The van der Waals surface area contributed by atoms with Gasteiger partial charge in [0.1, 0.15) is 5.82 Å². The molecule has 0 amide bonds. The van der Waals surface area contributed by atoms with Gasteiger partial charge in [0.2, 0.25) is 5.82 Å². The van der Waals surface area contributed by atoms with Crippen molar-refractivity contribution in [2.24, 2.45) is 0 Å². The van der Waals surface area contributed by atoms with Crippen LogP contribution in [0.2, 0.25) is 0 Å². The first-order chi connectivity index (χ1) is 18.0. The summed E-state index contributed by atoms with van der Waals surface area (Å²) in [5.41, 5.74) is 2.79. The van der Waals surface area contributed by atoms with Gasteiger partial charge in [-0.2, -0.15) is 4.39 Å². The molecular weight excluding hydrogens is 473 g/mol. The van der Waals surface area contributed by atoms with Crippen LogP contribution < -0.4 is 4.74 Å². The van der Waals surface area contributed by atoms with Gasteiger partial charge in [-0.1, -0.05) is 75.9 Å². The first kappa shape index (κ1) is 27.3. The van der Waals surface area contributed by atoms with E-state index in [1.54, 1.807) is 36.4 Å². The standard InChI is InChI=1S/C32H37F3O2/c1-3-5-6-7-19-36-30-18-17-28(31(34)32(30)35)23-11-9-22(10-12-23)27-16-14-24(20-29(27)33)25-13-15-26(8-4-2)37-21-25/h9-12,14,16-18,20,25-26H,3-8,13,15,19,21H2,1-2H3. The summed E-state index contributed by atoms with van der Waals surface area (Å²) in [4.78, 5) is 0. The number of rotatable bonds is 11. The fourth-order valence-corrected chi connectivity index (χ4v) is 5.04. The van der Waals surface area contributed by atoms with E-state index >= 15 is 4.39 Å². The minimum atomic E-state index is -0.980. The minimum absolute atomic E-state index is 0.0687. The summed E-state index contributed by atoms with van der Waals surface area (Å²) in [5, 5.41) is 0. The second-order valence-electron chi connectivity index (χ2n) is 9.98. The highest BCUT2D eigenvalue weighted by Crippen LogP contribution is 2.34. The molecule has 37 heavy (non-hydrogen) atoms. The van der Waals surface area contributed by atoms with E-state index in [2.05, 4.69) is 13.8 Å². The van der Waals surface area contributed by atoms with Crippen LogP contribution in [0.3, 0.4) is 0 Å². The zero-order valence-corrected chi connectivity index (χ0v) is 21.9. The highest BCUT2D eigenvalue weighted by atomic mass is 19.2. The molecule has 1 aliphatic heterocycles. The van der Waals surface area contributed by atoms with Gasteiger partial charge in [0.15, 0.2) is 11.6 Å². The maximum Gasteiger partial charge on any atom is 0.201 e. The Kier molecular flexibility index (Phi) is 9.68. The topological polar surface area (TPSA) is 18.5 Å². The highest BCUT2D eigenvalue weighted by Gasteiger charge is 2.23. The number of benzene rings is 3. The van der Waals surface area contributed by atoms with Crippen LogP contribution in [0.25, 0.3) is 22.3 Å². The quantitative estimate of drug-likeness (QED) is 0.239. The number of ether oxygens (including phenoxy) is 2. The van der Waals surface area contributed by atoms with Gasteiger partial charge in [0, 0.05) is 17.0 Å². The average molecular weight is 511 g/mol. The Hall–Kier alpha value is -2.79. The molecule has 0 spiro atoms. The number of unbranched alkanes of at least 4 members (excludes halogenated alkanes) is 3. The second-order valence-corrected chi connectivity index (χ2v) is 9.98. The molecule has 0 aliphatic carbocycles. The summed E-state index contributed by atoms with van der Waals surface area (Å²) in [6, 6.07) is 15.2. The zero-order valence-electron chi connectivity index (χ0n) is 21.9. The molecule has 198 valence electrons. The predicted octanol–water partition coefficient (Wildman–Crippen LogP) is 9.46. The van der Waals surface area contributed by atoms with E-state index in [9.17, 15) is 8.78 Å². The van der Waals surface area contributed by atoms with Crippen LogP contribution in [0, 0.1) is 17.5 Å². The van der Waals surface area contributed by atoms with Gasteiger partial charge < -0.3 is 9.47 Å². The fourth-order valence-electron chi connectivity index (χ4n) is 5.04. The van der Waals surface area contributed by atoms with Crippen LogP contribution in [-0.4, -0.2) is 19.3 Å². The minimum Gasteiger partial charge on any atom is -0.490 e. The fraction of sp³-hybridized carbons (Fsp3) is 0.438. The van der Waals surface area contributed by atoms with Crippen LogP contribution >= 0.6 is 0 Å². The normalized spacial score (nSPS) is 17.6. The van der Waals surface area contributed by atoms with E-state index < -0.39 is 11.6 Å². The van der Waals surface area contributed by atoms with Crippen LogP contribution in [0.15, 0.2) is 54.6 Å². The van der Waals surface area contributed by atoms with Crippen molar-refractivity contribution in [2.75, 3.05) is 13.2 Å². The van der Waals surface area contributed by atoms with Crippen molar-refractivity contribution >= 4 is 0 Å². The van der Waals surface area contributed by atoms with Gasteiger partial charge in [-0.15, -0.1) is 0 Å². The molecule has 3 aromatic rings. The third-order valence-electron chi connectivity index (χ3n) is 7.25. The molecule has 2 nitrogen and oxygen atoms in total. The molecule has 0 N–H and O–H groups in total. The van der Waals surface area contributed by atoms with Crippen molar-refractivity contribution in [1.29, 1.82) is 0 Å². The SMILES string of the molecule is CCCCCCOc1ccc(-c2ccc(-c3ccc(C4CCC(CCC)OC4)cc3F)cc2)c(F)c1F. The largest absolute Gasteiger partial charge is 0.490 e. The Balaban J connectivity index is 1.43. The summed E-state index contributed by atoms with van der Waals surface area (Å²) in [7, 11) is 0. The monoisotopic (exact) mass is 510 g/mol. The molecule has 0 bridgehead atoms. The van der Waals surface area contributed by atoms with E-state index in [1.807, 2.05) is 6.07 Å². The van der Waals surface area contributed by atoms with Gasteiger partial charge in [-0.25, -0.2) is 8.78 Å². The van der Waals surface area contributed by atoms with Crippen LogP contribution in [0.1, 0.15) is 76.7 Å². The molecule has 5 heteroatoms. The molecule has 0 aromatic heterocycles. The molecule has 1 heterocycles. The lowest BCUT2D eigenvalue weighted by atomic mass is 9.89. The van der Waals surface area contributed by atoms with Crippen molar-refractivity contribution in [2.45, 2.75) is 77.2 Å². The molecule has 1 fully saturated rings. The van der Waals surface area contributed by atoms with E-state index in [-0.39, 0.29) is 23.0 Å². The molecule has 1 saturated heterocycles. The summed E-state index contributed by atoms with van der Waals surface area (Å²) < 4.78 is 55.9. The van der Waals surface area contributed by atoms with E-state index in [0.717, 1.165) is 56.9 Å². The summed E-state index contributed by atoms with van der Waals surface area (Å²) >= 11 is 0. The number of hydrogen-bond donors (Lipinski definition) is 0. The lowest BCUT2D eigenvalue weighted by Gasteiger charge is -2.29. The summed E-state index contributed by atoms with van der Waals surface area (Å²) in [5.74, 6) is -2.07. The third kappa shape index (κ3) is 6.75. The Labute approximate surface area is 218 Å². The first-order valence-corrected chi connectivity index (χ1v) is 13.6. The van der Waals surface area contributed by atoms with Gasteiger partial charge in [-0.3, -0.25) is 0 Å². The molecule has 4 rings (SSSR count). The van der Waals surface area contributed by atoms with E-state index in [4.69, 9.17) is 9.47 Å². The smallest absolute Gasteiger partial charge is 0.201 e. The number of halogens is 3. The van der Waals surface area contributed by atoms with Crippen molar-refractivity contribution in [3.8, 4) is 28.0 Å². The Bertz CT molecular complexity index is 1150. The molecule has 1 aliphatic rings. The van der Waals surface area contributed by atoms with Crippen molar-refractivity contribution in [3.63, 3.8) is 0 Å². The lowest BCUT2D eigenvalue weighted by Crippen LogP contribution is -2.24. The summed E-state index contributed by atoms with van der Waals surface area (Å²) in [6.07, 6.45) is 8.52. The van der Waals surface area contributed by atoms with Crippen LogP contribution in [-0.2, 0) is 4.74 Å². The maximum atomic E-state index is 15.1. The van der Waals surface area contributed by atoms with Crippen LogP contribution in [0.5, 0.6) is 5.75 Å². The van der Waals surface area contributed by atoms with Crippen molar-refractivity contribution in [1.82, 2.24) is 0 Å². The first-order valence-electron chi connectivity index (χ1n) is 13.6. The highest BCUT2D eigenvalue weighted by molar-refractivity contribution is 5.71. The Morgan fingerprint density at radius 3 is 2.16 bits per heavy atom. The van der Waals surface area contributed by atoms with Gasteiger partial charge in [0.25, 0.3) is 0 Å². The molecule has 0 saturated carbocycles. The second kappa shape index (κ2) is 13.1. The molecule has 2 atom stereocenters. The molecule has 3 aromatic carbocycles. The maximum absolute atomic E-state index is 15.1. The zero-order chi connectivity index (χ0) is 26.2. The van der Waals surface area contributed by atoms with E-state index in [0.29, 0.717) is 36.0 Å². The summed E-state index contributed by atoms with van der Waals surface area (Å²) in [6.45, 7) is 5.26. The Morgan fingerprint density at radius 1 is 0.784 bits per heavy atom. The third-order valence-corrected chi connectivity index (χ3v) is 7.25. The molecule has 0 radical (unpaired) electrons. The van der Waals surface area contributed by atoms with Crippen LogP contribution in [0.4, 0.5) is 13.2 Å². The van der Waals surface area contributed by atoms with Gasteiger partial charge in [0.05, 0.1) is 19.3 Å². The van der Waals surface area contributed by atoms with E-state index in [1.165, 1.54) is 12.1 Å². The molecular formula is C32H37F3O2. The van der Waals surface area contributed by atoms with Gasteiger partial charge in [-0.05, 0) is 60.6 Å². The van der Waals surface area contributed by atoms with Crippen molar-refractivity contribution < 1.29 is 22.6 Å². The predicted molar refractivity (Wildman–Crippen MR) is 143 cm³/mol. The number of hydrogen-bond acceptors (Lipinski definition) is 2.